The van der Waals surface area contributed by atoms with Gasteiger partial charge in [-0.15, -0.1) is 0 Å². The minimum atomic E-state index is 0.0981. The number of rotatable bonds is 5. The van der Waals surface area contributed by atoms with Gasteiger partial charge in [0.25, 0.3) is 0 Å². The van der Waals surface area contributed by atoms with Crippen molar-refractivity contribution in [3.63, 3.8) is 0 Å². The summed E-state index contributed by atoms with van der Waals surface area (Å²) in [6.07, 6.45) is 0.114. The van der Waals surface area contributed by atoms with Crippen molar-refractivity contribution in [1.82, 2.24) is 0 Å². The Kier molecular flexibility index (Phi) is 3.86. The van der Waals surface area contributed by atoms with Crippen molar-refractivity contribution in [2.24, 2.45) is 0 Å². The Morgan fingerprint density at radius 3 is 2.71 bits per heavy atom. The molecule has 0 aromatic heterocycles. The molecule has 2 rings (SSSR count). The maximum absolute atomic E-state index is 9.15. The van der Waals surface area contributed by atoms with Crippen LogP contribution in [0.15, 0.2) is 18.2 Å². The van der Waals surface area contributed by atoms with Crippen molar-refractivity contribution in [3.05, 3.63) is 23.8 Å². The number of benzene rings is 1. The SMILES string of the molecule is COc1ccc(C(C)CO)cc1OC1COC1. The van der Waals surface area contributed by atoms with Gasteiger partial charge in [0, 0.05) is 12.5 Å². The predicted octanol–water partition coefficient (Wildman–Crippen LogP) is 1.57. The van der Waals surface area contributed by atoms with Gasteiger partial charge in [0.2, 0.25) is 0 Å². The first-order chi connectivity index (χ1) is 8.24. The van der Waals surface area contributed by atoms with E-state index in [0.717, 1.165) is 11.3 Å². The van der Waals surface area contributed by atoms with Gasteiger partial charge in [-0.1, -0.05) is 13.0 Å². The molecule has 17 heavy (non-hydrogen) atoms. The molecular formula is C13H18O4. The van der Waals surface area contributed by atoms with Crippen LogP contribution in [-0.2, 0) is 4.74 Å². The van der Waals surface area contributed by atoms with E-state index in [1.807, 2.05) is 25.1 Å². The molecule has 1 aliphatic heterocycles. The lowest BCUT2D eigenvalue weighted by atomic mass is 10.0. The fourth-order valence-corrected chi connectivity index (χ4v) is 1.66. The molecule has 4 nitrogen and oxygen atoms in total. The molecule has 1 saturated heterocycles. The highest BCUT2D eigenvalue weighted by atomic mass is 16.6. The third-order valence-corrected chi connectivity index (χ3v) is 2.93. The van der Waals surface area contributed by atoms with Gasteiger partial charge in [0.1, 0.15) is 6.10 Å². The van der Waals surface area contributed by atoms with E-state index in [1.165, 1.54) is 0 Å². The van der Waals surface area contributed by atoms with E-state index < -0.39 is 0 Å². The smallest absolute Gasteiger partial charge is 0.162 e. The average Bonchev–Trinajstić information content (AvgIpc) is 2.32. The third-order valence-electron chi connectivity index (χ3n) is 2.93. The fourth-order valence-electron chi connectivity index (χ4n) is 1.66. The summed E-state index contributed by atoms with van der Waals surface area (Å²) >= 11 is 0. The zero-order valence-corrected chi connectivity index (χ0v) is 10.2. The van der Waals surface area contributed by atoms with Gasteiger partial charge in [0.15, 0.2) is 11.5 Å². The van der Waals surface area contributed by atoms with Crippen LogP contribution in [0.3, 0.4) is 0 Å². The molecule has 1 heterocycles. The van der Waals surface area contributed by atoms with Crippen molar-refractivity contribution in [2.75, 3.05) is 26.9 Å². The van der Waals surface area contributed by atoms with Crippen LogP contribution >= 0.6 is 0 Å². The summed E-state index contributed by atoms with van der Waals surface area (Å²) in [5, 5.41) is 9.15. The zero-order chi connectivity index (χ0) is 12.3. The second-order valence-electron chi connectivity index (χ2n) is 4.27. The van der Waals surface area contributed by atoms with Crippen LogP contribution < -0.4 is 9.47 Å². The first-order valence-corrected chi connectivity index (χ1v) is 5.77. The Hall–Kier alpha value is -1.26. The molecule has 1 aromatic carbocycles. The summed E-state index contributed by atoms with van der Waals surface area (Å²) in [7, 11) is 1.62. The zero-order valence-electron chi connectivity index (χ0n) is 10.2. The van der Waals surface area contributed by atoms with Crippen LogP contribution in [0.4, 0.5) is 0 Å². The third kappa shape index (κ3) is 2.70. The van der Waals surface area contributed by atoms with Gasteiger partial charge in [-0.3, -0.25) is 0 Å². The molecule has 0 radical (unpaired) electrons. The van der Waals surface area contributed by atoms with Crippen LogP contribution in [0.2, 0.25) is 0 Å². The lowest BCUT2D eigenvalue weighted by Gasteiger charge is -2.27. The lowest BCUT2D eigenvalue weighted by Crippen LogP contribution is -2.38. The van der Waals surface area contributed by atoms with Crippen LogP contribution in [-0.4, -0.2) is 38.1 Å². The summed E-state index contributed by atoms with van der Waals surface area (Å²) in [5.41, 5.74) is 1.04. The molecule has 1 fully saturated rings. The highest BCUT2D eigenvalue weighted by molar-refractivity contribution is 5.44. The van der Waals surface area contributed by atoms with Crippen molar-refractivity contribution in [2.45, 2.75) is 18.9 Å². The van der Waals surface area contributed by atoms with Crippen molar-refractivity contribution < 1.29 is 19.3 Å². The quantitative estimate of drug-likeness (QED) is 0.846. The number of hydrogen-bond acceptors (Lipinski definition) is 4. The molecule has 1 N–H and O–H groups in total. The number of aliphatic hydroxyl groups is 1. The minimum Gasteiger partial charge on any atom is -0.493 e. The van der Waals surface area contributed by atoms with Crippen LogP contribution in [0.25, 0.3) is 0 Å². The lowest BCUT2D eigenvalue weighted by molar-refractivity contribution is -0.0803. The molecule has 0 spiro atoms. The van der Waals surface area contributed by atoms with E-state index in [-0.39, 0.29) is 18.6 Å². The highest BCUT2D eigenvalue weighted by Gasteiger charge is 2.22. The Morgan fingerprint density at radius 1 is 1.41 bits per heavy atom. The number of hydrogen-bond donors (Lipinski definition) is 1. The molecule has 0 aliphatic carbocycles. The van der Waals surface area contributed by atoms with Crippen molar-refractivity contribution in [3.8, 4) is 11.5 Å². The molecular weight excluding hydrogens is 220 g/mol. The topological polar surface area (TPSA) is 47.9 Å². The first-order valence-electron chi connectivity index (χ1n) is 5.77. The van der Waals surface area contributed by atoms with Crippen LogP contribution in [0, 0.1) is 0 Å². The molecule has 94 valence electrons. The summed E-state index contributed by atoms with van der Waals surface area (Å²) in [5.74, 6) is 1.53. The van der Waals surface area contributed by atoms with E-state index in [0.29, 0.717) is 19.0 Å². The molecule has 1 atom stereocenters. The largest absolute Gasteiger partial charge is 0.493 e. The molecule has 1 unspecified atom stereocenters. The van der Waals surface area contributed by atoms with Crippen LogP contribution in [0.1, 0.15) is 18.4 Å². The highest BCUT2D eigenvalue weighted by Crippen LogP contribution is 2.32. The number of methoxy groups -OCH3 is 1. The molecule has 1 aliphatic rings. The van der Waals surface area contributed by atoms with E-state index in [2.05, 4.69) is 0 Å². The van der Waals surface area contributed by atoms with Crippen molar-refractivity contribution >= 4 is 0 Å². The first kappa shape index (κ1) is 12.2. The van der Waals surface area contributed by atoms with Gasteiger partial charge >= 0.3 is 0 Å². The molecule has 0 bridgehead atoms. The number of aliphatic hydroxyl groups excluding tert-OH is 1. The number of ether oxygens (including phenoxy) is 3. The molecule has 0 saturated carbocycles. The summed E-state index contributed by atoms with van der Waals surface area (Å²) in [6, 6.07) is 5.75. The summed E-state index contributed by atoms with van der Waals surface area (Å²) in [4.78, 5) is 0. The second kappa shape index (κ2) is 5.38. The van der Waals surface area contributed by atoms with Gasteiger partial charge < -0.3 is 19.3 Å². The van der Waals surface area contributed by atoms with E-state index >= 15 is 0 Å². The summed E-state index contributed by atoms with van der Waals surface area (Å²) in [6.45, 7) is 3.35. The Bertz CT molecular complexity index is 374. The predicted molar refractivity (Wildman–Crippen MR) is 63.7 cm³/mol. The van der Waals surface area contributed by atoms with Gasteiger partial charge in [-0.05, 0) is 17.7 Å². The minimum absolute atomic E-state index is 0.0981. The molecule has 4 heteroatoms. The van der Waals surface area contributed by atoms with Gasteiger partial charge in [-0.2, -0.15) is 0 Å². The average molecular weight is 238 g/mol. The monoisotopic (exact) mass is 238 g/mol. The van der Waals surface area contributed by atoms with E-state index in [4.69, 9.17) is 19.3 Å². The summed E-state index contributed by atoms with van der Waals surface area (Å²) < 4.78 is 16.1. The Morgan fingerprint density at radius 2 is 2.18 bits per heavy atom. The van der Waals surface area contributed by atoms with Gasteiger partial charge in [0.05, 0.1) is 20.3 Å². The maximum Gasteiger partial charge on any atom is 0.162 e. The Balaban J connectivity index is 2.19. The Labute approximate surface area is 101 Å². The van der Waals surface area contributed by atoms with Crippen LogP contribution in [0.5, 0.6) is 11.5 Å². The van der Waals surface area contributed by atoms with Crippen molar-refractivity contribution in [1.29, 1.82) is 0 Å². The van der Waals surface area contributed by atoms with E-state index in [1.54, 1.807) is 7.11 Å². The second-order valence-corrected chi connectivity index (χ2v) is 4.27. The van der Waals surface area contributed by atoms with Gasteiger partial charge in [-0.25, -0.2) is 0 Å². The molecule has 1 aromatic rings. The standard InChI is InChI=1S/C13H18O4/c1-9(6-14)10-3-4-12(15-2)13(5-10)17-11-7-16-8-11/h3-5,9,11,14H,6-8H2,1-2H3. The normalized spacial score (nSPS) is 17.4. The molecule has 0 amide bonds. The maximum atomic E-state index is 9.15. The van der Waals surface area contributed by atoms with E-state index in [9.17, 15) is 0 Å². The fraction of sp³-hybridized carbons (Fsp3) is 0.538.